The first-order valence-electron chi connectivity index (χ1n) is 9.32. The Bertz CT molecular complexity index is 881. The highest BCUT2D eigenvalue weighted by atomic mass is 35.5. The Labute approximate surface area is 179 Å². The van der Waals surface area contributed by atoms with E-state index in [4.69, 9.17) is 27.9 Å². The van der Waals surface area contributed by atoms with E-state index in [9.17, 15) is 4.79 Å². The van der Waals surface area contributed by atoms with Crippen LogP contribution in [0.5, 0.6) is 5.75 Å². The molecular weight excluding hydrogens is 415 g/mol. The van der Waals surface area contributed by atoms with Crippen LogP contribution in [-0.2, 0) is 10.2 Å². The van der Waals surface area contributed by atoms with Crippen LogP contribution >= 0.6 is 35.0 Å². The largest absolute Gasteiger partial charge is 0.492 e. The second-order valence-corrected chi connectivity index (χ2v) is 8.94. The Balaban J connectivity index is 1.35. The molecule has 0 atom stereocenters. The predicted molar refractivity (Wildman–Crippen MR) is 116 cm³/mol. The smallest absolute Gasteiger partial charge is 0.235 e. The van der Waals surface area contributed by atoms with Crippen molar-refractivity contribution in [1.29, 1.82) is 0 Å². The molecule has 0 unspecified atom stereocenters. The van der Waals surface area contributed by atoms with Crippen LogP contribution in [0.2, 0.25) is 10.0 Å². The fourth-order valence-electron chi connectivity index (χ4n) is 4.05. The van der Waals surface area contributed by atoms with Crippen LogP contribution in [0, 0.1) is 0 Å². The fourth-order valence-corrected chi connectivity index (χ4v) is 5.00. The van der Waals surface area contributed by atoms with Crippen LogP contribution in [0.4, 0.5) is 5.69 Å². The molecule has 2 aliphatic rings. The molecular formula is C21H22Cl2N2O2S. The number of thioether (sulfide) groups is 1. The summed E-state index contributed by atoms with van der Waals surface area (Å²) in [5.41, 5.74) is 1.15. The predicted octanol–water partition coefficient (Wildman–Crippen LogP) is 5.08. The van der Waals surface area contributed by atoms with Gasteiger partial charge in [0.05, 0.1) is 16.1 Å². The minimum atomic E-state index is -0.519. The monoisotopic (exact) mass is 436 g/mol. The van der Waals surface area contributed by atoms with Crippen molar-refractivity contribution in [2.75, 3.05) is 37.8 Å². The van der Waals surface area contributed by atoms with E-state index in [1.54, 1.807) is 17.8 Å². The van der Waals surface area contributed by atoms with Gasteiger partial charge in [0.1, 0.15) is 12.4 Å². The Morgan fingerprint density at radius 1 is 1.18 bits per heavy atom. The Morgan fingerprint density at radius 2 is 1.89 bits per heavy atom. The molecule has 0 bridgehead atoms. The summed E-state index contributed by atoms with van der Waals surface area (Å²) in [6.07, 6.45) is 3.57. The van der Waals surface area contributed by atoms with Crippen LogP contribution < -0.4 is 10.1 Å². The standard InChI is InChI=1S/C21H22Cl2N2O2S/c1-28-16-4-2-15(3-5-16)27-11-10-25-8-6-21(7-9-25)17-12-14(22)13-18(23)19(17)24-20(21)26/h2-5,12-13H,6-11H2,1H3,(H,24,26). The molecule has 1 fully saturated rings. The lowest BCUT2D eigenvalue weighted by molar-refractivity contribution is -0.122. The topological polar surface area (TPSA) is 41.6 Å². The first-order valence-corrected chi connectivity index (χ1v) is 11.3. The SMILES string of the molecule is CSc1ccc(OCCN2CCC3(CC2)C(=O)Nc2c(Cl)cc(Cl)cc23)cc1. The van der Waals surface area contributed by atoms with Gasteiger partial charge in [-0.25, -0.2) is 0 Å². The van der Waals surface area contributed by atoms with Gasteiger partial charge in [-0.1, -0.05) is 23.2 Å². The molecule has 0 aliphatic carbocycles. The second kappa shape index (κ2) is 8.15. The summed E-state index contributed by atoms with van der Waals surface area (Å²) in [7, 11) is 0. The number of ether oxygens (including phenoxy) is 1. The molecule has 148 valence electrons. The molecule has 1 amide bonds. The number of benzene rings is 2. The number of nitrogens with zero attached hydrogens (tertiary/aromatic N) is 1. The average Bonchev–Trinajstić information content (AvgIpc) is 2.96. The average molecular weight is 437 g/mol. The zero-order valence-electron chi connectivity index (χ0n) is 15.6. The molecule has 1 saturated heterocycles. The van der Waals surface area contributed by atoms with Gasteiger partial charge in [-0.2, -0.15) is 0 Å². The number of amides is 1. The molecule has 0 radical (unpaired) electrons. The van der Waals surface area contributed by atoms with E-state index in [2.05, 4.69) is 28.6 Å². The lowest BCUT2D eigenvalue weighted by Gasteiger charge is -2.38. The van der Waals surface area contributed by atoms with Crippen molar-refractivity contribution in [3.8, 4) is 5.75 Å². The number of hydrogen-bond acceptors (Lipinski definition) is 4. The van der Waals surface area contributed by atoms with Crippen molar-refractivity contribution < 1.29 is 9.53 Å². The Hall–Kier alpha value is -1.40. The number of piperidine rings is 1. The molecule has 7 heteroatoms. The summed E-state index contributed by atoms with van der Waals surface area (Å²) < 4.78 is 5.87. The van der Waals surface area contributed by atoms with E-state index < -0.39 is 5.41 Å². The third-order valence-corrected chi connectivity index (χ3v) is 6.95. The highest BCUT2D eigenvalue weighted by molar-refractivity contribution is 7.98. The van der Waals surface area contributed by atoms with Crippen molar-refractivity contribution in [2.45, 2.75) is 23.2 Å². The zero-order chi connectivity index (χ0) is 19.7. The quantitative estimate of drug-likeness (QED) is 0.663. The minimum absolute atomic E-state index is 0.0384. The summed E-state index contributed by atoms with van der Waals surface area (Å²) >= 11 is 14.2. The van der Waals surface area contributed by atoms with Gasteiger partial charge < -0.3 is 10.1 Å². The molecule has 2 aromatic carbocycles. The van der Waals surface area contributed by atoms with Crippen LogP contribution in [0.3, 0.4) is 0 Å². The van der Waals surface area contributed by atoms with Crippen molar-refractivity contribution in [3.05, 3.63) is 52.0 Å². The number of likely N-dealkylation sites (tertiary alicyclic amines) is 1. The molecule has 4 nitrogen and oxygen atoms in total. The lowest BCUT2D eigenvalue weighted by Crippen LogP contribution is -2.47. The van der Waals surface area contributed by atoms with Gasteiger partial charge in [-0.3, -0.25) is 9.69 Å². The number of carbonyl (C=O) groups is 1. The van der Waals surface area contributed by atoms with Gasteiger partial charge in [-0.05, 0) is 74.1 Å². The highest BCUT2D eigenvalue weighted by Crippen LogP contribution is 2.48. The summed E-state index contributed by atoms with van der Waals surface area (Å²) in [5.74, 6) is 0.927. The van der Waals surface area contributed by atoms with Crippen molar-refractivity contribution >= 4 is 46.6 Å². The van der Waals surface area contributed by atoms with Gasteiger partial charge >= 0.3 is 0 Å². The number of rotatable bonds is 5. The second-order valence-electron chi connectivity index (χ2n) is 7.21. The maximum Gasteiger partial charge on any atom is 0.235 e. The number of halogens is 2. The van der Waals surface area contributed by atoms with Crippen molar-refractivity contribution in [2.24, 2.45) is 0 Å². The molecule has 4 rings (SSSR count). The van der Waals surface area contributed by atoms with Gasteiger partial charge in [-0.15, -0.1) is 11.8 Å². The number of carbonyl (C=O) groups excluding carboxylic acids is 1. The van der Waals surface area contributed by atoms with E-state index >= 15 is 0 Å². The highest BCUT2D eigenvalue weighted by Gasteiger charge is 2.49. The van der Waals surface area contributed by atoms with Gasteiger partial charge in [0, 0.05) is 16.5 Å². The van der Waals surface area contributed by atoms with E-state index in [0.717, 1.165) is 49.5 Å². The minimum Gasteiger partial charge on any atom is -0.492 e. The lowest BCUT2D eigenvalue weighted by atomic mass is 9.73. The Morgan fingerprint density at radius 3 is 2.57 bits per heavy atom. The number of nitrogens with one attached hydrogen (secondary N) is 1. The van der Waals surface area contributed by atoms with Crippen molar-refractivity contribution in [1.82, 2.24) is 4.90 Å². The molecule has 2 aliphatic heterocycles. The normalized spacial score (nSPS) is 18.2. The van der Waals surface area contributed by atoms with E-state index in [-0.39, 0.29) is 5.91 Å². The number of hydrogen-bond donors (Lipinski definition) is 1. The third kappa shape index (κ3) is 3.73. The molecule has 2 aromatic rings. The fraction of sp³-hybridized carbons (Fsp3) is 0.381. The molecule has 1 N–H and O–H groups in total. The molecule has 0 aromatic heterocycles. The van der Waals surface area contributed by atoms with E-state index in [1.807, 2.05) is 18.2 Å². The van der Waals surface area contributed by atoms with Gasteiger partial charge in [0.25, 0.3) is 0 Å². The first kappa shape index (κ1) is 19.9. The summed E-state index contributed by atoms with van der Waals surface area (Å²) in [6.45, 7) is 3.15. The van der Waals surface area contributed by atoms with Gasteiger partial charge in [0.15, 0.2) is 0 Å². The summed E-state index contributed by atoms with van der Waals surface area (Å²) in [5, 5.41) is 4.05. The summed E-state index contributed by atoms with van der Waals surface area (Å²) in [4.78, 5) is 16.3. The molecule has 1 spiro atoms. The van der Waals surface area contributed by atoms with Crippen molar-refractivity contribution in [3.63, 3.8) is 0 Å². The molecule has 28 heavy (non-hydrogen) atoms. The third-order valence-electron chi connectivity index (χ3n) is 5.69. The molecule has 2 heterocycles. The van der Waals surface area contributed by atoms with E-state index in [0.29, 0.717) is 16.7 Å². The maximum atomic E-state index is 12.8. The van der Waals surface area contributed by atoms with E-state index in [1.165, 1.54) is 4.90 Å². The summed E-state index contributed by atoms with van der Waals surface area (Å²) in [6, 6.07) is 11.7. The number of anilines is 1. The van der Waals surface area contributed by atoms with Crippen LogP contribution in [0.25, 0.3) is 0 Å². The van der Waals surface area contributed by atoms with Gasteiger partial charge in [0.2, 0.25) is 5.91 Å². The number of fused-ring (bicyclic) bond motifs is 2. The maximum absolute atomic E-state index is 12.8. The first-order chi connectivity index (χ1) is 13.5. The Kier molecular flexibility index (Phi) is 5.79. The van der Waals surface area contributed by atoms with Crippen LogP contribution in [0.15, 0.2) is 41.3 Å². The molecule has 0 saturated carbocycles. The zero-order valence-corrected chi connectivity index (χ0v) is 18.0. The van der Waals surface area contributed by atoms with Crippen LogP contribution in [0.1, 0.15) is 18.4 Å². The van der Waals surface area contributed by atoms with Crippen LogP contribution in [-0.4, -0.2) is 43.3 Å².